The maximum Gasteiger partial charge on any atom is 0.258 e. The van der Waals surface area contributed by atoms with Crippen LogP contribution in [0, 0.1) is 17.1 Å². The molecule has 0 saturated carbocycles. The zero-order valence-corrected chi connectivity index (χ0v) is 14.1. The number of aromatic nitrogens is 1. The molecule has 1 amide bonds. The first kappa shape index (κ1) is 17.7. The van der Waals surface area contributed by atoms with Crippen molar-refractivity contribution in [1.82, 2.24) is 10.3 Å². The summed E-state index contributed by atoms with van der Waals surface area (Å²) in [5.41, 5.74) is 0.429. The van der Waals surface area contributed by atoms with Gasteiger partial charge < -0.3 is 15.4 Å². The highest BCUT2D eigenvalue weighted by atomic mass is 79.9. The van der Waals surface area contributed by atoms with Gasteiger partial charge in [0.15, 0.2) is 18.2 Å². The molecule has 0 aliphatic heterocycles. The van der Waals surface area contributed by atoms with Gasteiger partial charge in [-0.25, -0.2) is 9.37 Å². The maximum absolute atomic E-state index is 13.5. The number of hydrogen-bond acceptors (Lipinski definition) is 5. The Kier molecular flexibility index (Phi) is 6.51. The van der Waals surface area contributed by atoms with Crippen molar-refractivity contribution in [2.75, 3.05) is 25.0 Å². The van der Waals surface area contributed by atoms with Gasteiger partial charge in [0.25, 0.3) is 5.91 Å². The van der Waals surface area contributed by atoms with Crippen LogP contribution >= 0.6 is 15.9 Å². The molecule has 124 valence electrons. The fourth-order valence-corrected chi connectivity index (χ4v) is 2.14. The summed E-state index contributed by atoms with van der Waals surface area (Å²) in [4.78, 5) is 15.7. The molecule has 0 radical (unpaired) electrons. The first-order chi connectivity index (χ1) is 11.6. The van der Waals surface area contributed by atoms with Crippen molar-refractivity contribution in [3.63, 3.8) is 0 Å². The smallest absolute Gasteiger partial charge is 0.258 e. The van der Waals surface area contributed by atoms with Gasteiger partial charge in [0, 0.05) is 23.8 Å². The van der Waals surface area contributed by atoms with E-state index < -0.39 is 5.82 Å². The van der Waals surface area contributed by atoms with Crippen LogP contribution in [0.3, 0.4) is 0 Å². The van der Waals surface area contributed by atoms with E-state index in [0.29, 0.717) is 28.9 Å². The molecule has 2 N–H and O–H groups in total. The first-order valence-corrected chi connectivity index (χ1v) is 7.83. The number of rotatable bonds is 7. The average molecular weight is 393 g/mol. The van der Waals surface area contributed by atoms with E-state index >= 15 is 0 Å². The third-order valence-electron chi connectivity index (χ3n) is 2.92. The van der Waals surface area contributed by atoms with Crippen LogP contribution in [0.5, 0.6) is 5.75 Å². The molecule has 1 heterocycles. The summed E-state index contributed by atoms with van der Waals surface area (Å²) < 4.78 is 19.3. The minimum Gasteiger partial charge on any atom is -0.481 e. The summed E-state index contributed by atoms with van der Waals surface area (Å²) in [7, 11) is 0. The van der Waals surface area contributed by atoms with E-state index in [1.807, 2.05) is 6.07 Å². The molecule has 0 atom stereocenters. The molecule has 1 aromatic carbocycles. The monoisotopic (exact) mass is 392 g/mol. The third kappa shape index (κ3) is 5.21. The van der Waals surface area contributed by atoms with E-state index in [-0.39, 0.29) is 18.3 Å². The van der Waals surface area contributed by atoms with Crippen LogP contribution in [0.4, 0.5) is 10.2 Å². The van der Waals surface area contributed by atoms with Gasteiger partial charge in [-0.1, -0.05) is 15.9 Å². The van der Waals surface area contributed by atoms with Gasteiger partial charge in [0.05, 0.1) is 5.56 Å². The van der Waals surface area contributed by atoms with Crippen molar-refractivity contribution in [2.24, 2.45) is 0 Å². The quantitative estimate of drug-likeness (QED) is 0.706. The molecule has 8 heteroatoms. The largest absolute Gasteiger partial charge is 0.481 e. The number of nitrogens with one attached hydrogen (secondary N) is 2. The molecule has 0 spiro atoms. The molecular formula is C16H14BrFN4O2. The number of pyridine rings is 1. The Bertz CT molecular complexity index is 764. The Morgan fingerprint density at radius 1 is 1.38 bits per heavy atom. The van der Waals surface area contributed by atoms with Crippen LogP contribution < -0.4 is 15.4 Å². The number of ether oxygens (including phenoxy) is 1. The van der Waals surface area contributed by atoms with Gasteiger partial charge in [-0.05, 0) is 30.3 Å². The second-order valence-corrected chi connectivity index (χ2v) is 5.57. The van der Waals surface area contributed by atoms with Gasteiger partial charge in [0.2, 0.25) is 0 Å². The van der Waals surface area contributed by atoms with Crippen molar-refractivity contribution in [1.29, 1.82) is 5.26 Å². The summed E-state index contributed by atoms with van der Waals surface area (Å²) in [6.45, 7) is 0.419. The van der Waals surface area contributed by atoms with Gasteiger partial charge in [0.1, 0.15) is 11.9 Å². The molecule has 0 unspecified atom stereocenters. The van der Waals surface area contributed by atoms with E-state index in [0.717, 1.165) is 0 Å². The zero-order valence-electron chi connectivity index (χ0n) is 12.6. The molecule has 0 fully saturated rings. The van der Waals surface area contributed by atoms with Crippen molar-refractivity contribution in [2.45, 2.75) is 0 Å². The number of anilines is 1. The summed E-state index contributed by atoms with van der Waals surface area (Å²) in [6, 6.07) is 9.67. The van der Waals surface area contributed by atoms with Gasteiger partial charge >= 0.3 is 0 Å². The lowest BCUT2D eigenvalue weighted by Gasteiger charge is -2.10. The molecule has 24 heavy (non-hydrogen) atoms. The van der Waals surface area contributed by atoms with Crippen molar-refractivity contribution < 1.29 is 13.9 Å². The number of benzene rings is 1. The third-order valence-corrected chi connectivity index (χ3v) is 3.41. The van der Waals surface area contributed by atoms with Gasteiger partial charge in [-0.3, -0.25) is 4.79 Å². The lowest BCUT2D eigenvalue weighted by molar-refractivity contribution is -0.123. The van der Waals surface area contributed by atoms with E-state index in [2.05, 4.69) is 31.5 Å². The molecule has 2 aromatic rings. The Balaban J connectivity index is 1.71. The highest BCUT2D eigenvalue weighted by molar-refractivity contribution is 9.10. The first-order valence-electron chi connectivity index (χ1n) is 7.03. The van der Waals surface area contributed by atoms with E-state index in [1.165, 1.54) is 12.1 Å². The molecule has 0 bridgehead atoms. The van der Waals surface area contributed by atoms with E-state index in [9.17, 15) is 9.18 Å². The number of carbonyl (C=O) groups is 1. The second kappa shape index (κ2) is 8.84. The predicted octanol–water partition coefficient (Wildman–Crippen LogP) is 2.46. The molecule has 6 nitrogen and oxygen atoms in total. The molecule has 1 aromatic heterocycles. The normalized spacial score (nSPS) is 9.88. The fraction of sp³-hybridized carbons (Fsp3) is 0.188. The second-order valence-electron chi connectivity index (χ2n) is 4.65. The van der Waals surface area contributed by atoms with Gasteiger partial charge in [-0.2, -0.15) is 5.26 Å². The summed E-state index contributed by atoms with van der Waals surface area (Å²) in [5.74, 6) is -0.445. The summed E-state index contributed by atoms with van der Waals surface area (Å²) in [6.07, 6.45) is 1.57. The Morgan fingerprint density at radius 2 is 2.21 bits per heavy atom. The topological polar surface area (TPSA) is 87.0 Å². The van der Waals surface area contributed by atoms with Crippen LogP contribution in [0.25, 0.3) is 0 Å². The average Bonchev–Trinajstić information content (AvgIpc) is 2.58. The van der Waals surface area contributed by atoms with Crippen molar-refractivity contribution >= 4 is 27.7 Å². The molecular weight excluding hydrogens is 379 g/mol. The van der Waals surface area contributed by atoms with Crippen LogP contribution in [0.15, 0.2) is 41.0 Å². The highest BCUT2D eigenvalue weighted by Gasteiger charge is 2.07. The Hall–Kier alpha value is -2.66. The number of nitriles is 1. The minimum atomic E-state index is -0.543. The lowest BCUT2D eigenvalue weighted by atomic mass is 10.3. The standard InChI is InChI=1S/C16H14BrFN4O2/c17-12-3-4-14(13(18)8-12)24-10-15(23)20-6-7-22-16-11(9-19)2-1-5-21-16/h1-5,8H,6-7,10H2,(H,20,23)(H,21,22). The maximum atomic E-state index is 13.5. The van der Waals surface area contributed by atoms with Crippen LogP contribution in [-0.2, 0) is 4.79 Å². The van der Waals surface area contributed by atoms with Crippen molar-refractivity contribution in [3.8, 4) is 11.8 Å². The van der Waals surface area contributed by atoms with Crippen LogP contribution in [-0.4, -0.2) is 30.6 Å². The Morgan fingerprint density at radius 3 is 2.96 bits per heavy atom. The number of nitrogens with zero attached hydrogens (tertiary/aromatic N) is 2. The fourth-order valence-electron chi connectivity index (χ4n) is 1.81. The predicted molar refractivity (Wildman–Crippen MR) is 90.0 cm³/mol. The lowest BCUT2D eigenvalue weighted by Crippen LogP contribution is -2.33. The number of hydrogen-bond donors (Lipinski definition) is 2. The van der Waals surface area contributed by atoms with E-state index in [1.54, 1.807) is 24.4 Å². The van der Waals surface area contributed by atoms with Crippen molar-refractivity contribution in [3.05, 3.63) is 52.4 Å². The van der Waals surface area contributed by atoms with E-state index in [4.69, 9.17) is 10.00 Å². The number of halogens is 2. The number of amides is 1. The molecule has 0 aliphatic carbocycles. The number of carbonyl (C=O) groups excluding carboxylic acids is 1. The molecule has 0 saturated heterocycles. The summed E-state index contributed by atoms with van der Waals surface area (Å²) >= 11 is 3.14. The minimum absolute atomic E-state index is 0.0126. The summed E-state index contributed by atoms with van der Waals surface area (Å²) in [5, 5.41) is 14.5. The molecule has 2 rings (SSSR count). The van der Waals surface area contributed by atoms with Crippen LogP contribution in [0.2, 0.25) is 0 Å². The van der Waals surface area contributed by atoms with Crippen LogP contribution in [0.1, 0.15) is 5.56 Å². The highest BCUT2D eigenvalue weighted by Crippen LogP contribution is 2.21. The SMILES string of the molecule is N#Cc1cccnc1NCCNC(=O)COc1ccc(Br)cc1F. The van der Waals surface area contributed by atoms with Gasteiger partial charge in [-0.15, -0.1) is 0 Å². The Labute approximate surface area is 146 Å². The molecule has 0 aliphatic rings. The zero-order chi connectivity index (χ0) is 17.4.